The summed E-state index contributed by atoms with van der Waals surface area (Å²) >= 11 is 0. The van der Waals surface area contributed by atoms with Crippen molar-refractivity contribution in [1.29, 1.82) is 0 Å². The maximum absolute atomic E-state index is 13.3. The van der Waals surface area contributed by atoms with Crippen LogP contribution in [0.3, 0.4) is 0 Å². The minimum Gasteiger partial charge on any atom is -0.411 e. The van der Waals surface area contributed by atoms with Crippen molar-refractivity contribution in [1.82, 2.24) is 42.5 Å². The number of hydrogen-bond donors (Lipinski definition) is 11. The lowest BCUT2D eigenvalue weighted by atomic mass is 9.98. The first-order valence-electron chi connectivity index (χ1n) is 24.6. The molecule has 0 saturated carbocycles. The van der Waals surface area contributed by atoms with Gasteiger partial charge in [-0.05, 0) is 107 Å². The van der Waals surface area contributed by atoms with Crippen LogP contribution in [-0.2, 0) is 47.8 Å². The van der Waals surface area contributed by atoms with Crippen molar-refractivity contribution < 1.29 is 58.2 Å². The lowest BCUT2D eigenvalue weighted by Gasteiger charge is -2.32. The van der Waals surface area contributed by atoms with E-state index in [9.17, 15) is 44.0 Å². The number of ketones is 1. The van der Waals surface area contributed by atoms with Crippen molar-refractivity contribution in [2.75, 3.05) is 79.4 Å². The van der Waals surface area contributed by atoms with Crippen molar-refractivity contribution in [2.24, 2.45) is 16.0 Å². The molecule has 23 nitrogen and oxygen atoms in total. The van der Waals surface area contributed by atoms with Crippen LogP contribution in [0, 0.1) is 0 Å². The van der Waals surface area contributed by atoms with Crippen LogP contribution < -0.4 is 48.3 Å². The van der Waals surface area contributed by atoms with E-state index < -0.39 is 41.0 Å². The molecule has 0 aromatic carbocycles. The predicted molar refractivity (Wildman–Crippen MR) is 269 cm³/mol. The van der Waals surface area contributed by atoms with Gasteiger partial charge in [0.25, 0.3) is 0 Å². The Balaban J connectivity index is 0. The topological polar surface area (TPSA) is 335 Å². The first-order valence-corrected chi connectivity index (χ1v) is 24.6. The number of primary amides is 1. The van der Waals surface area contributed by atoms with Crippen LogP contribution in [0.15, 0.2) is 10.3 Å². The molecule has 6 amide bonds. The molecule has 0 aliphatic heterocycles. The second-order valence-corrected chi connectivity index (χ2v) is 18.0. The molecule has 0 aromatic heterocycles. The molecule has 0 spiro atoms. The normalized spacial score (nSPS) is 12.8. The van der Waals surface area contributed by atoms with E-state index in [4.69, 9.17) is 19.9 Å². The van der Waals surface area contributed by atoms with Gasteiger partial charge in [0.2, 0.25) is 35.4 Å². The summed E-state index contributed by atoms with van der Waals surface area (Å²) in [5.74, 6) is -1.74. The van der Waals surface area contributed by atoms with E-state index in [2.05, 4.69) is 52.8 Å². The van der Waals surface area contributed by atoms with Gasteiger partial charge in [0.1, 0.15) is 25.0 Å². The standard InChI is InChI=1S/C43H83N11O11.C4H8O/c1-9-10-20-46-38(57)29-64-25-23-63-24-26-65-30-39(58)47-21-13-12-17-35(41(60)48-22-14-11-16-34(45-8)40(44)59)52-37(56)19-15-18-36(55)51-33(27-49-42(4,5)31(2)53-61)28-50-43(6,7)32(3)54-62;1-3-4(2)5/h33-35,45,49-50,61-62H,9-30H2,1-8H3,(H2,44,59)(H,46,57)(H,47,58)(H,48,60)(H,51,55)(H,52,56);3H2,1-2H3/b53-31-,54-32-;/t34-,35-;/m0./s1. The van der Waals surface area contributed by atoms with Gasteiger partial charge in [-0.3, -0.25) is 28.8 Å². The van der Waals surface area contributed by atoms with E-state index in [0.717, 1.165) is 12.8 Å². The summed E-state index contributed by atoms with van der Waals surface area (Å²) in [7, 11) is 1.65. The summed E-state index contributed by atoms with van der Waals surface area (Å²) in [6, 6.07) is -1.76. The predicted octanol–water partition coefficient (Wildman–Crippen LogP) is 1.16. The molecule has 0 unspecified atom stereocenters. The van der Waals surface area contributed by atoms with Crippen LogP contribution in [0.4, 0.5) is 0 Å². The molecule has 0 aromatic rings. The fourth-order valence-electron chi connectivity index (χ4n) is 5.79. The molecule has 0 radical (unpaired) electrons. The van der Waals surface area contributed by atoms with Crippen molar-refractivity contribution in [2.45, 2.75) is 169 Å². The van der Waals surface area contributed by atoms with Crippen molar-refractivity contribution >= 4 is 52.6 Å². The summed E-state index contributed by atoms with van der Waals surface area (Å²) in [5.41, 5.74) is 4.95. The molecule has 406 valence electrons. The van der Waals surface area contributed by atoms with E-state index in [0.29, 0.717) is 89.1 Å². The summed E-state index contributed by atoms with van der Waals surface area (Å²) in [5, 5.41) is 48.9. The highest BCUT2D eigenvalue weighted by molar-refractivity contribution is 5.91. The van der Waals surface area contributed by atoms with Gasteiger partial charge in [-0.15, -0.1) is 0 Å². The SMILES string of the molecule is CCC(C)=O.CCCCNC(=O)COCCOCCOCC(=O)NCCCC[C@H](NC(=O)CCCC(=O)NC(CNC(C)(C)/C(C)=N\O)CNC(C)(C)/C(C)=N\O)C(=O)NCCCC[C@H](NC)C(N)=O. The van der Waals surface area contributed by atoms with Crippen LogP contribution in [0.25, 0.3) is 0 Å². The second-order valence-electron chi connectivity index (χ2n) is 18.0. The van der Waals surface area contributed by atoms with E-state index in [1.807, 2.05) is 41.5 Å². The summed E-state index contributed by atoms with van der Waals surface area (Å²) < 4.78 is 16.0. The molecule has 12 N–H and O–H groups in total. The third-order valence-corrected chi connectivity index (χ3v) is 11.2. The minimum atomic E-state index is -0.857. The molecule has 0 saturated heterocycles. The molecule has 0 rings (SSSR count). The number of Topliss-reactive ketones (excluding diaryl/α,β-unsaturated/α-hetero) is 1. The number of nitrogens with one attached hydrogen (secondary N) is 8. The molecule has 2 atom stereocenters. The van der Waals surface area contributed by atoms with Gasteiger partial charge in [-0.1, -0.05) is 30.6 Å². The van der Waals surface area contributed by atoms with Gasteiger partial charge >= 0.3 is 0 Å². The zero-order valence-corrected chi connectivity index (χ0v) is 43.9. The number of amides is 6. The second kappa shape index (κ2) is 40.9. The third-order valence-electron chi connectivity index (χ3n) is 11.2. The first kappa shape index (κ1) is 67.3. The number of hydrogen-bond acceptors (Lipinski definition) is 17. The quantitative estimate of drug-likeness (QED) is 0.0177. The number of oxime groups is 2. The minimum absolute atomic E-state index is 0.0118. The Hall–Kier alpha value is -4.81. The first-order chi connectivity index (χ1) is 33.1. The van der Waals surface area contributed by atoms with Gasteiger partial charge in [0.15, 0.2) is 0 Å². The fourth-order valence-corrected chi connectivity index (χ4v) is 5.79. The smallest absolute Gasteiger partial charge is 0.245 e. The Bertz CT molecular complexity index is 1550. The maximum atomic E-state index is 13.3. The number of carbonyl (C=O) groups excluding carboxylic acids is 7. The fraction of sp³-hybridized carbons (Fsp3) is 0.809. The number of unbranched alkanes of at least 4 members (excludes halogenated alkanes) is 3. The summed E-state index contributed by atoms with van der Waals surface area (Å²) in [6.45, 7) is 18.9. The Kier molecular flexibility index (Phi) is 39.3. The highest BCUT2D eigenvalue weighted by atomic mass is 16.5. The number of nitrogens with two attached hydrogens (primary N) is 1. The molecular formula is C47H91N11O12. The molecule has 0 bridgehead atoms. The highest BCUT2D eigenvalue weighted by Gasteiger charge is 2.27. The molecule has 0 aliphatic carbocycles. The lowest BCUT2D eigenvalue weighted by Crippen LogP contribution is -2.57. The molecule has 0 aliphatic rings. The van der Waals surface area contributed by atoms with Crippen molar-refractivity contribution in [3.8, 4) is 0 Å². The zero-order chi connectivity index (χ0) is 53.4. The molecule has 0 heterocycles. The lowest BCUT2D eigenvalue weighted by molar-refractivity contribution is -0.129. The van der Waals surface area contributed by atoms with Crippen molar-refractivity contribution in [3.63, 3.8) is 0 Å². The highest BCUT2D eigenvalue weighted by Crippen LogP contribution is 2.09. The number of rotatable bonds is 41. The van der Waals surface area contributed by atoms with E-state index in [1.165, 1.54) is 0 Å². The Labute approximate surface area is 416 Å². The van der Waals surface area contributed by atoms with Gasteiger partial charge in [0.05, 0.1) is 61.0 Å². The van der Waals surface area contributed by atoms with Gasteiger partial charge < -0.3 is 77.7 Å². The zero-order valence-electron chi connectivity index (χ0n) is 43.9. The monoisotopic (exact) mass is 1000 g/mol. The largest absolute Gasteiger partial charge is 0.411 e. The summed E-state index contributed by atoms with van der Waals surface area (Å²) in [4.78, 5) is 84.7. The number of nitrogens with zero attached hydrogens (tertiary/aromatic N) is 2. The summed E-state index contributed by atoms with van der Waals surface area (Å²) in [6.07, 6.45) is 5.88. The van der Waals surface area contributed by atoms with Gasteiger partial charge in [0, 0.05) is 52.0 Å². The van der Waals surface area contributed by atoms with E-state index in [1.54, 1.807) is 27.8 Å². The Morgan fingerprint density at radius 2 is 1.01 bits per heavy atom. The molecular weight excluding hydrogens is 911 g/mol. The van der Waals surface area contributed by atoms with Crippen LogP contribution in [-0.4, -0.2) is 172 Å². The Morgan fingerprint density at radius 3 is 1.44 bits per heavy atom. The molecule has 0 fully saturated rings. The van der Waals surface area contributed by atoms with Gasteiger partial charge in [-0.2, -0.15) is 0 Å². The average Bonchev–Trinajstić information content (AvgIpc) is 3.31. The molecule has 70 heavy (non-hydrogen) atoms. The number of carbonyl (C=O) groups is 7. The third kappa shape index (κ3) is 36.2. The number of ether oxygens (including phenoxy) is 3. The van der Waals surface area contributed by atoms with Crippen molar-refractivity contribution in [3.05, 3.63) is 0 Å². The van der Waals surface area contributed by atoms with E-state index in [-0.39, 0.29) is 88.3 Å². The maximum Gasteiger partial charge on any atom is 0.245 e. The van der Waals surface area contributed by atoms with Crippen LogP contribution in [0.2, 0.25) is 0 Å². The number of likely N-dealkylation sites (N-methyl/N-ethyl adjacent to an activating group) is 1. The van der Waals surface area contributed by atoms with Crippen LogP contribution in [0.5, 0.6) is 0 Å². The molecule has 23 heteroatoms. The van der Waals surface area contributed by atoms with Crippen LogP contribution >= 0.6 is 0 Å². The van der Waals surface area contributed by atoms with E-state index >= 15 is 0 Å². The van der Waals surface area contributed by atoms with Crippen LogP contribution in [0.1, 0.15) is 139 Å². The van der Waals surface area contributed by atoms with Gasteiger partial charge in [-0.25, -0.2) is 0 Å². The average molecular weight is 1000 g/mol. The Morgan fingerprint density at radius 1 is 0.586 bits per heavy atom.